The smallest absolute Gasteiger partial charge is 0.305 e. The maximum absolute atomic E-state index is 13.2. The van der Waals surface area contributed by atoms with Crippen molar-refractivity contribution in [2.24, 2.45) is 4.99 Å². The third-order valence-corrected chi connectivity index (χ3v) is 5.19. The summed E-state index contributed by atoms with van der Waals surface area (Å²) < 4.78 is 4.97. The van der Waals surface area contributed by atoms with E-state index in [0.717, 1.165) is 43.6 Å². The van der Waals surface area contributed by atoms with Gasteiger partial charge < -0.3 is 10.1 Å². The van der Waals surface area contributed by atoms with Crippen LogP contribution in [0.2, 0.25) is 0 Å². The molecule has 1 unspecified atom stereocenters. The van der Waals surface area contributed by atoms with E-state index in [1.165, 1.54) is 5.57 Å². The summed E-state index contributed by atoms with van der Waals surface area (Å²) in [4.78, 5) is 43.1. The van der Waals surface area contributed by atoms with E-state index in [-0.39, 0.29) is 17.8 Å². The van der Waals surface area contributed by atoms with Crippen LogP contribution in [-0.4, -0.2) is 47.6 Å². The van der Waals surface area contributed by atoms with Gasteiger partial charge in [0.1, 0.15) is 11.9 Å². The summed E-state index contributed by atoms with van der Waals surface area (Å²) >= 11 is 0. The monoisotopic (exact) mass is 433 g/mol. The molecule has 7 heteroatoms. The normalized spacial score (nSPS) is 16.3. The third-order valence-electron chi connectivity index (χ3n) is 5.19. The Bertz CT molecular complexity index is 697. The van der Waals surface area contributed by atoms with E-state index in [1.54, 1.807) is 24.8 Å². The Morgan fingerprint density at radius 3 is 2.61 bits per heavy atom. The second-order valence-corrected chi connectivity index (χ2v) is 7.36. The van der Waals surface area contributed by atoms with Crippen molar-refractivity contribution in [3.05, 3.63) is 24.0 Å². The zero-order valence-electron chi connectivity index (χ0n) is 19.7. The van der Waals surface area contributed by atoms with E-state index in [4.69, 9.17) is 9.73 Å². The summed E-state index contributed by atoms with van der Waals surface area (Å²) in [6.45, 7) is 12.3. The van der Waals surface area contributed by atoms with Gasteiger partial charge in [0.05, 0.1) is 6.61 Å². The highest BCUT2D eigenvalue weighted by atomic mass is 16.5. The van der Waals surface area contributed by atoms with Gasteiger partial charge in [-0.2, -0.15) is 0 Å². The molecule has 174 valence electrons. The lowest BCUT2D eigenvalue weighted by Gasteiger charge is -2.34. The van der Waals surface area contributed by atoms with Gasteiger partial charge >= 0.3 is 5.97 Å². The fraction of sp³-hybridized carbons (Fsp3) is 0.667. The van der Waals surface area contributed by atoms with E-state index < -0.39 is 6.04 Å². The predicted octanol–water partition coefficient (Wildman–Crippen LogP) is 4.29. The van der Waals surface area contributed by atoms with Crippen molar-refractivity contribution in [2.45, 2.75) is 91.5 Å². The Labute approximate surface area is 187 Å². The van der Waals surface area contributed by atoms with Crippen molar-refractivity contribution in [1.29, 1.82) is 0 Å². The number of carbonyl (C=O) groups is 3. The molecule has 2 heterocycles. The van der Waals surface area contributed by atoms with Crippen LogP contribution < -0.4 is 5.32 Å². The molecule has 0 saturated carbocycles. The molecule has 0 aliphatic carbocycles. The lowest BCUT2D eigenvalue weighted by molar-refractivity contribution is -0.143. The number of amides is 2. The number of aliphatic imine (C=N–C) groups is 1. The first-order valence-corrected chi connectivity index (χ1v) is 11.7. The minimum atomic E-state index is -0.615. The van der Waals surface area contributed by atoms with Crippen molar-refractivity contribution in [1.82, 2.24) is 10.2 Å². The molecule has 2 aliphatic heterocycles. The van der Waals surface area contributed by atoms with Gasteiger partial charge in [-0.3, -0.25) is 19.3 Å². The second kappa shape index (κ2) is 14.5. The number of esters is 1. The number of hydrogen-bond donors (Lipinski definition) is 1. The number of carbonyl (C=O) groups excluding carboxylic acids is 3. The summed E-state index contributed by atoms with van der Waals surface area (Å²) in [7, 11) is 0. The molecule has 0 aromatic rings. The molecule has 0 radical (unpaired) electrons. The Kier molecular flexibility index (Phi) is 12.5. The molecule has 0 aromatic heterocycles. The Morgan fingerprint density at radius 2 is 1.97 bits per heavy atom. The fourth-order valence-electron chi connectivity index (χ4n) is 3.67. The van der Waals surface area contributed by atoms with E-state index in [0.29, 0.717) is 38.8 Å². The average molecular weight is 434 g/mol. The molecule has 2 amide bonds. The van der Waals surface area contributed by atoms with Crippen LogP contribution in [0.3, 0.4) is 0 Å². The highest BCUT2D eigenvalue weighted by Gasteiger charge is 2.32. The van der Waals surface area contributed by atoms with Crippen molar-refractivity contribution < 1.29 is 19.1 Å². The van der Waals surface area contributed by atoms with E-state index in [1.807, 2.05) is 13.8 Å². The molecule has 1 N–H and O–H groups in total. The molecule has 0 bridgehead atoms. The van der Waals surface area contributed by atoms with E-state index in [2.05, 4.69) is 11.9 Å². The minimum absolute atomic E-state index is 0.129. The number of hydrogen-bond acceptors (Lipinski definition) is 5. The summed E-state index contributed by atoms with van der Waals surface area (Å²) in [5.74, 6) is 0.286. The van der Waals surface area contributed by atoms with Crippen LogP contribution in [0, 0.1) is 0 Å². The number of ether oxygens (including phenoxy) is 1. The van der Waals surface area contributed by atoms with Crippen molar-refractivity contribution in [3.63, 3.8) is 0 Å². The second-order valence-electron chi connectivity index (χ2n) is 7.36. The number of rotatable bonds is 10. The molecular formula is C24H39N3O4. The standard InChI is InChI=1S/C22H33N3O4.C2H6/c1-4-9-18(24-19(26)5-2)22(28)25-15-8-10-16-13-14-17(23-21(16)25)11-7-12-20(27)29-6-3;1-2/h4,18H,1,5-15H2,2-3H3,(H,24,26);1-2H3. The Balaban J connectivity index is 0.00000233. The zero-order valence-corrected chi connectivity index (χ0v) is 19.7. The molecule has 2 rings (SSSR count). The van der Waals surface area contributed by atoms with Gasteiger partial charge in [0.15, 0.2) is 0 Å². The summed E-state index contributed by atoms with van der Waals surface area (Å²) in [6.07, 6.45) is 7.79. The Hall–Kier alpha value is -2.44. The summed E-state index contributed by atoms with van der Waals surface area (Å²) in [5, 5.41) is 2.81. The zero-order chi connectivity index (χ0) is 23.2. The van der Waals surface area contributed by atoms with Crippen LogP contribution in [0.1, 0.15) is 85.5 Å². The first kappa shape index (κ1) is 26.6. The first-order valence-electron chi connectivity index (χ1n) is 11.7. The van der Waals surface area contributed by atoms with Gasteiger partial charge in [-0.05, 0) is 57.4 Å². The highest BCUT2D eigenvalue weighted by molar-refractivity contribution is 5.91. The molecule has 0 aromatic carbocycles. The topological polar surface area (TPSA) is 88.1 Å². The quantitative estimate of drug-likeness (QED) is 0.411. The highest BCUT2D eigenvalue weighted by Crippen LogP contribution is 2.32. The molecule has 31 heavy (non-hydrogen) atoms. The number of allylic oxidation sites excluding steroid dienone is 1. The van der Waals surface area contributed by atoms with E-state index in [9.17, 15) is 14.4 Å². The van der Waals surface area contributed by atoms with E-state index >= 15 is 0 Å². The van der Waals surface area contributed by atoms with Gasteiger partial charge in [-0.15, -0.1) is 6.58 Å². The summed E-state index contributed by atoms with van der Waals surface area (Å²) in [5.41, 5.74) is 2.23. The van der Waals surface area contributed by atoms with Crippen LogP contribution in [0.5, 0.6) is 0 Å². The SMILES string of the molecule is C=CCC(NC(=O)CC)C(=O)N1CCCC2=C1N=C(CCCC(=O)OCC)CC2.CC. The number of nitrogens with zero attached hydrogens (tertiary/aromatic N) is 2. The van der Waals surface area contributed by atoms with Crippen molar-refractivity contribution >= 4 is 23.5 Å². The minimum Gasteiger partial charge on any atom is -0.466 e. The predicted molar refractivity (Wildman–Crippen MR) is 124 cm³/mol. The van der Waals surface area contributed by atoms with Crippen molar-refractivity contribution in [2.75, 3.05) is 13.2 Å². The molecule has 1 atom stereocenters. The van der Waals surface area contributed by atoms with Gasteiger partial charge in [-0.1, -0.05) is 26.8 Å². The number of nitrogens with one attached hydrogen (secondary N) is 1. The summed E-state index contributed by atoms with van der Waals surface area (Å²) in [6, 6.07) is -0.615. The van der Waals surface area contributed by atoms with Gasteiger partial charge in [-0.25, -0.2) is 4.99 Å². The van der Waals surface area contributed by atoms with Crippen LogP contribution in [0.4, 0.5) is 0 Å². The molecule has 0 saturated heterocycles. The van der Waals surface area contributed by atoms with Crippen LogP contribution in [0.25, 0.3) is 0 Å². The molecule has 2 aliphatic rings. The van der Waals surface area contributed by atoms with Crippen molar-refractivity contribution in [3.8, 4) is 0 Å². The third kappa shape index (κ3) is 8.31. The maximum atomic E-state index is 13.2. The molecular weight excluding hydrogens is 394 g/mol. The average Bonchev–Trinajstić information content (AvgIpc) is 2.79. The lowest BCUT2D eigenvalue weighted by atomic mass is 9.94. The first-order chi connectivity index (χ1) is 15.0. The maximum Gasteiger partial charge on any atom is 0.305 e. The van der Waals surface area contributed by atoms with Crippen LogP contribution >= 0.6 is 0 Å². The lowest BCUT2D eigenvalue weighted by Crippen LogP contribution is -2.49. The largest absolute Gasteiger partial charge is 0.466 e. The van der Waals surface area contributed by atoms with Gasteiger partial charge in [0.2, 0.25) is 5.91 Å². The fourth-order valence-corrected chi connectivity index (χ4v) is 3.67. The molecule has 7 nitrogen and oxygen atoms in total. The van der Waals surface area contributed by atoms with Crippen LogP contribution in [-0.2, 0) is 19.1 Å². The van der Waals surface area contributed by atoms with Crippen LogP contribution in [0.15, 0.2) is 29.0 Å². The Morgan fingerprint density at radius 1 is 1.23 bits per heavy atom. The van der Waals surface area contributed by atoms with Gasteiger partial charge in [0.25, 0.3) is 5.91 Å². The molecule has 0 spiro atoms. The molecule has 0 fully saturated rings. The van der Waals surface area contributed by atoms with Gasteiger partial charge in [0, 0.05) is 25.1 Å².